The lowest BCUT2D eigenvalue weighted by Gasteiger charge is -2.28. The number of nitrogens with zero attached hydrogens (tertiary/aromatic N) is 2. The average Bonchev–Trinajstić information content (AvgIpc) is 2.90. The molecule has 2 heterocycles. The highest BCUT2D eigenvalue weighted by atomic mass is 19.4. The van der Waals surface area contributed by atoms with E-state index in [2.05, 4.69) is 15.5 Å². The van der Waals surface area contributed by atoms with Gasteiger partial charge in [-0.3, -0.25) is 10.00 Å². The first-order valence-corrected chi connectivity index (χ1v) is 6.19. The van der Waals surface area contributed by atoms with Gasteiger partial charge in [-0.15, -0.1) is 0 Å². The first kappa shape index (κ1) is 13.5. The minimum atomic E-state index is -4.46. The van der Waals surface area contributed by atoms with Crippen LogP contribution in [-0.2, 0) is 19.3 Å². The summed E-state index contributed by atoms with van der Waals surface area (Å²) in [6.07, 6.45) is -3.02. The smallest absolute Gasteiger partial charge is 0.332 e. The number of hydrogen-bond acceptors (Lipinski definition) is 2. The van der Waals surface area contributed by atoms with Gasteiger partial charge in [0.25, 0.3) is 0 Å². The maximum Gasteiger partial charge on any atom is 0.416 e. The Labute approximate surface area is 117 Å². The molecule has 8 heteroatoms. The van der Waals surface area contributed by atoms with E-state index in [1.54, 1.807) is 0 Å². The van der Waals surface area contributed by atoms with Crippen LogP contribution >= 0.6 is 0 Å². The van der Waals surface area contributed by atoms with Crippen molar-refractivity contribution in [2.75, 3.05) is 4.90 Å². The van der Waals surface area contributed by atoms with Crippen molar-refractivity contribution in [1.29, 1.82) is 0 Å². The maximum absolute atomic E-state index is 13.0. The molecule has 110 valence electrons. The molecular weight excluding hydrogens is 285 g/mol. The van der Waals surface area contributed by atoms with Crippen LogP contribution in [0.3, 0.4) is 0 Å². The molecule has 0 radical (unpaired) electrons. The van der Waals surface area contributed by atoms with Crippen LogP contribution in [-0.4, -0.2) is 16.2 Å². The van der Waals surface area contributed by atoms with E-state index >= 15 is 0 Å². The number of anilines is 1. The van der Waals surface area contributed by atoms with Crippen molar-refractivity contribution >= 4 is 11.7 Å². The fourth-order valence-electron chi connectivity index (χ4n) is 2.30. The third-order valence-electron chi connectivity index (χ3n) is 3.30. The Hall–Kier alpha value is -2.51. The quantitative estimate of drug-likeness (QED) is 0.895. The fourth-order valence-corrected chi connectivity index (χ4v) is 2.30. The molecule has 1 aromatic heterocycles. The lowest BCUT2D eigenvalue weighted by Crippen LogP contribution is -2.43. The van der Waals surface area contributed by atoms with Gasteiger partial charge in [-0.25, -0.2) is 4.79 Å². The van der Waals surface area contributed by atoms with E-state index in [1.807, 2.05) is 0 Å². The number of rotatable bonds is 2. The molecule has 0 aliphatic carbocycles. The number of amides is 2. The summed E-state index contributed by atoms with van der Waals surface area (Å²) < 4.78 is 39.0. The number of aromatic amines is 1. The summed E-state index contributed by atoms with van der Waals surface area (Å²) in [6, 6.07) is 4.77. The molecule has 2 N–H and O–H groups in total. The Kier molecular flexibility index (Phi) is 3.08. The highest BCUT2D eigenvalue weighted by Gasteiger charge is 2.34. The van der Waals surface area contributed by atoms with E-state index < -0.39 is 17.8 Å². The van der Waals surface area contributed by atoms with E-state index in [9.17, 15) is 18.0 Å². The minimum Gasteiger partial charge on any atom is -0.332 e. The average molecular weight is 296 g/mol. The summed E-state index contributed by atoms with van der Waals surface area (Å²) in [5.74, 6) is 0. The molecule has 21 heavy (non-hydrogen) atoms. The lowest BCUT2D eigenvalue weighted by atomic mass is 10.1. The van der Waals surface area contributed by atoms with Crippen molar-refractivity contribution in [1.82, 2.24) is 15.5 Å². The number of carbonyl (C=O) groups excluding carboxylic acids is 1. The first-order chi connectivity index (χ1) is 9.97. The van der Waals surface area contributed by atoms with Crippen molar-refractivity contribution in [3.8, 4) is 0 Å². The van der Waals surface area contributed by atoms with Gasteiger partial charge in [0.15, 0.2) is 0 Å². The Bertz CT molecular complexity index is 680. The van der Waals surface area contributed by atoms with Crippen LogP contribution in [0.15, 0.2) is 30.5 Å². The van der Waals surface area contributed by atoms with E-state index in [0.717, 1.165) is 6.07 Å². The van der Waals surface area contributed by atoms with E-state index in [0.29, 0.717) is 11.4 Å². The normalized spacial score (nSPS) is 14.8. The van der Waals surface area contributed by atoms with Crippen LogP contribution in [0, 0.1) is 0 Å². The summed E-state index contributed by atoms with van der Waals surface area (Å²) in [5.41, 5.74) is 0.456. The molecule has 1 aliphatic heterocycles. The van der Waals surface area contributed by atoms with E-state index in [-0.39, 0.29) is 18.7 Å². The Morgan fingerprint density at radius 1 is 1.29 bits per heavy atom. The monoisotopic (exact) mass is 296 g/mol. The molecule has 2 aromatic rings. The summed E-state index contributed by atoms with van der Waals surface area (Å²) in [6.45, 7) is 0.111. The van der Waals surface area contributed by atoms with E-state index in [1.165, 1.54) is 29.3 Å². The predicted octanol–water partition coefficient (Wildman–Crippen LogP) is 2.66. The lowest BCUT2D eigenvalue weighted by molar-refractivity contribution is -0.138. The van der Waals surface area contributed by atoms with Crippen LogP contribution in [0.2, 0.25) is 0 Å². The molecule has 5 nitrogen and oxygen atoms in total. The number of halogens is 3. The second kappa shape index (κ2) is 4.80. The van der Waals surface area contributed by atoms with Gasteiger partial charge in [-0.2, -0.15) is 18.3 Å². The topological polar surface area (TPSA) is 61.0 Å². The van der Waals surface area contributed by atoms with Crippen molar-refractivity contribution < 1.29 is 18.0 Å². The molecule has 0 unspecified atom stereocenters. The fraction of sp³-hybridized carbons (Fsp3) is 0.231. The van der Waals surface area contributed by atoms with Gasteiger partial charge in [0, 0.05) is 0 Å². The van der Waals surface area contributed by atoms with Gasteiger partial charge in [0.1, 0.15) is 0 Å². The Morgan fingerprint density at radius 3 is 2.81 bits per heavy atom. The van der Waals surface area contributed by atoms with Crippen LogP contribution < -0.4 is 10.2 Å². The van der Waals surface area contributed by atoms with Crippen LogP contribution in [0.4, 0.5) is 23.7 Å². The molecule has 1 aromatic carbocycles. The molecule has 2 amide bonds. The molecule has 0 fully saturated rings. The van der Waals surface area contributed by atoms with Gasteiger partial charge in [-0.1, -0.05) is 18.2 Å². The van der Waals surface area contributed by atoms with Crippen molar-refractivity contribution in [2.45, 2.75) is 19.3 Å². The number of aromatic nitrogens is 2. The summed E-state index contributed by atoms with van der Waals surface area (Å²) >= 11 is 0. The van der Waals surface area contributed by atoms with Crippen LogP contribution in [0.5, 0.6) is 0 Å². The van der Waals surface area contributed by atoms with Crippen molar-refractivity contribution in [3.05, 3.63) is 47.3 Å². The second-order valence-electron chi connectivity index (χ2n) is 4.63. The highest BCUT2D eigenvalue weighted by molar-refractivity contribution is 5.94. The third kappa shape index (κ3) is 2.44. The predicted molar refractivity (Wildman–Crippen MR) is 68.5 cm³/mol. The molecule has 1 aliphatic rings. The zero-order valence-electron chi connectivity index (χ0n) is 10.7. The number of H-pyrrole nitrogens is 1. The number of alkyl halides is 3. The number of fused-ring (bicyclic) bond motifs is 1. The number of urea groups is 1. The van der Waals surface area contributed by atoms with Crippen molar-refractivity contribution in [3.63, 3.8) is 0 Å². The third-order valence-corrected chi connectivity index (χ3v) is 3.30. The molecule has 0 atom stereocenters. The Morgan fingerprint density at radius 2 is 2.05 bits per heavy atom. The van der Waals surface area contributed by atoms with Crippen LogP contribution in [0.25, 0.3) is 0 Å². The summed E-state index contributed by atoms with van der Waals surface area (Å²) in [7, 11) is 0. The van der Waals surface area contributed by atoms with Gasteiger partial charge in [-0.05, 0) is 11.6 Å². The number of benzene rings is 1. The SMILES string of the molecule is O=C1NCc2[nH]ncc2N1Cc1ccccc1C(F)(F)F. The molecule has 0 spiro atoms. The van der Waals surface area contributed by atoms with Gasteiger partial charge in [0.05, 0.1) is 36.2 Å². The zero-order valence-corrected chi connectivity index (χ0v) is 10.7. The number of nitrogens with one attached hydrogen (secondary N) is 2. The first-order valence-electron chi connectivity index (χ1n) is 6.19. The summed E-state index contributed by atoms with van der Waals surface area (Å²) in [5, 5.41) is 9.12. The minimum absolute atomic E-state index is 0.0363. The molecular formula is C13H11F3N4O. The second-order valence-corrected chi connectivity index (χ2v) is 4.63. The molecule has 0 saturated carbocycles. The zero-order chi connectivity index (χ0) is 15.0. The molecule has 0 bridgehead atoms. The number of carbonyl (C=O) groups is 1. The van der Waals surface area contributed by atoms with Gasteiger partial charge >= 0.3 is 12.2 Å². The highest BCUT2D eigenvalue weighted by Crippen LogP contribution is 2.33. The largest absolute Gasteiger partial charge is 0.416 e. The Balaban J connectivity index is 1.97. The van der Waals surface area contributed by atoms with Gasteiger partial charge in [0.2, 0.25) is 0 Å². The van der Waals surface area contributed by atoms with Crippen LogP contribution in [0.1, 0.15) is 16.8 Å². The summed E-state index contributed by atoms with van der Waals surface area (Å²) in [4.78, 5) is 13.2. The van der Waals surface area contributed by atoms with E-state index in [4.69, 9.17) is 0 Å². The van der Waals surface area contributed by atoms with Gasteiger partial charge < -0.3 is 5.32 Å². The number of hydrogen-bond donors (Lipinski definition) is 2. The molecule has 0 saturated heterocycles. The van der Waals surface area contributed by atoms with Crippen molar-refractivity contribution in [2.24, 2.45) is 0 Å². The maximum atomic E-state index is 13.0. The standard InChI is InChI=1S/C13H11F3N4O/c14-13(15,16)9-4-2-1-3-8(9)7-20-11-6-18-19-10(11)5-17-12(20)21/h1-4,6H,5,7H2,(H,17,21)(H,18,19). The molecule has 3 rings (SSSR count).